The van der Waals surface area contributed by atoms with E-state index in [0.29, 0.717) is 11.4 Å². The summed E-state index contributed by atoms with van der Waals surface area (Å²) in [6.45, 7) is 6.44. The fraction of sp³-hybridized carbons (Fsp3) is 0.737. The minimum atomic E-state index is -1.02. The van der Waals surface area contributed by atoms with Crippen molar-refractivity contribution in [3.05, 3.63) is 18.0 Å². The molecule has 0 bridgehead atoms. The van der Waals surface area contributed by atoms with Crippen LogP contribution in [0.25, 0.3) is 0 Å². The second-order valence-electron chi connectivity index (χ2n) is 7.40. The first-order chi connectivity index (χ1) is 12.1. The molecule has 0 unspecified atom stereocenters. The number of carbonyl (C=O) groups is 1. The van der Waals surface area contributed by atoms with Crippen LogP contribution in [0.3, 0.4) is 0 Å². The number of aromatic nitrogens is 2. The number of ether oxygens (including phenoxy) is 1. The van der Waals surface area contributed by atoms with E-state index in [2.05, 4.69) is 14.9 Å². The van der Waals surface area contributed by atoms with Crippen LogP contribution >= 0.6 is 0 Å². The van der Waals surface area contributed by atoms with Crippen molar-refractivity contribution in [1.82, 2.24) is 14.9 Å². The molecule has 1 spiro atoms. The molecule has 1 N–H and O–H groups in total. The summed E-state index contributed by atoms with van der Waals surface area (Å²) in [4.78, 5) is 21.4. The number of hydrogen-bond donors (Lipinski definition) is 1. The Kier molecular flexibility index (Phi) is 5.57. The van der Waals surface area contributed by atoms with Gasteiger partial charge >= 0.3 is 12.0 Å². The number of nitrogens with zero attached hydrogens (tertiary/aromatic N) is 3. The fourth-order valence-corrected chi connectivity index (χ4v) is 4.40. The van der Waals surface area contributed by atoms with Crippen LogP contribution in [-0.2, 0) is 0 Å². The smallest absolute Gasteiger partial charge is 0.338 e. The van der Waals surface area contributed by atoms with Crippen molar-refractivity contribution in [3.63, 3.8) is 0 Å². The van der Waals surface area contributed by atoms with Crippen LogP contribution < -0.4 is 4.74 Å². The molecule has 1 aromatic heterocycles. The lowest BCUT2D eigenvalue weighted by Crippen LogP contribution is -2.66. The van der Waals surface area contributed by atoms with E-state index in [1.165, 1.54) is 57.6 Å². The van der Waals surface area contributed by atoms with Gasteiger partial charge in [0.25, 0.3) is 0 Å². The first-order valence-electron chi connectivity index (χ1n) is 9.60. The Labute approximate surface area is 149 Å². The van der Waals surface area contributed by atoms with Crippen LogP contribution in [0.5, 0.6) is 6.01 Å². The lowest BCUT2D eigenvalue weighted by Gasteiger charge is -2.60. The van der Waals surface area contributed by atoms with E-state index >= 15 is 0 Å². The third-order valence-electron chi connectivity index (χ3n) is 5.64. The molecule has 4 rings (SSSR count). The average Bonchev–Trinajstić information content (AvgIpc) is 2.59. The van der Waals surface area contributed by atoms with Gasteiger partial charge in [0.2, 0.25) is 0 Å². The highest BCUT2D eigenvalue weighted by molar-refractivity contribution is 5.86. The molecule has 2 heterocycles. The second-order valence-corrected chi connectivity index (χ2v) is 7.40. The van der Waals surface area contributed by atoms with Crippen LogP contribution in [0.2, 0.25) is 0 Å². The standard InChI is InChI=1S/C17H23N3O3.C2H6/c21-15(22)12-8-18-16(19-9-12)23-14-6-17(7-14)10-20(11-17)13-4-2-1-3-5-13;1-2/h8-9,13-14H,1-7,10-11H2,(H,21,22);1-2H3. The van der Waals surface area contributed by atoms with E-state index in [1.54, 1.807) is 0 Å². The molecule has 2 aliphatic carbocycles. The molecule has 3 fully saturated rings. The quantitative estimate of drug-likeness (QED) is 0.900. The zero-order valence-corrected chi connectivity index (χ0v) is 15.3. The van der Waals surface area contributed by atoms with E-state index in [9.17, 15) is 4.79 Å². The van der Waals surface area contributed by atoms with Gasteiger partial charge in [-0.25, -0.2) is 14.8 Å². The van der Waals surface area contributed by atoms with Crippen molar-refractivity contribution in [2.45, 2.75) is 70.9 Å². The Bertz CT molecular complexity index is 570. The highest BCUT2D eigenvalue weighted by Crippen LogP contribution is 2.50. The van der Waals surface area contributed by atoms with Crippen molar-refractivity contribution in [2.75, 3.05) is 13.1 Å². The molecule has 138 valence electrons. The van der Waals surface area contributed by atoms with E-state index < -0.39 is 5.97 Å². The maximum absolute atomic E-state index is 10.8. The molecule has 1 aliphatic heterocycles. The minimum Gasteiger partial charge on any atom is -0.478 e. The molecular formula is C19H29N3O3. The van der Waals surface area contributed by atoms with E-state index in [1.807, 2.05) is 13.8 Å². The van der Waals surface area contributed by atoms with Crippen molar-refractivity contribution in [2.24, 2.45) is 5.41 Å². The monoisotopic (exact) mass is 347 g/mol. The number of carboxylic acids is 1. The number of likely N-dealkylation sites (tertiary alicyclic amines) is 1. The first kappa shape index (κ1) is 18.1. The van der Waals surface area contributed by atoms with Crippen LogP contribution in [0, 0.1) is 5.41 Å². The van der Waals surface area contributed by atoms with Gasteiger partial charge in [-0.3, -0.25) is 4.90 Å². The summed E-state index contributed by atoms with van der Waals surface area (Å²) in [7, 11) is 0. The number of carboxylic acid groups (broad SMARTS) is 1. The Morgan fingerprint density at radius 2 is 1.76 bits per heavy atom. The average molecular weight is 347 g/mol. The van der Waals surface area contributed by atoms with E-state index in [0.717, 1.165) is 18.9 Å². The van der Waals surface area contributed by atoms with Gasteiger partial charge in [-0.05, 0) is 25.7 Å². The third-order valence-corrected chi connectivity index (χ3v) is 5.64. The predicted molar refractivity (Wildman–Crippen MR) is 94.9 cm³/mol. The summed E-state index contributed by atoms with van der Waals surface area (Å²) in [5, 5.41) is 8.83. The number of aromatic carboxylic acids is 1. The summed E-state index contributed by atoms with van der Waals surface area (Å²) in [6, 6.07) is 1.11. The van der Waals surface area contributed by atoms with E-state index in [-0.39, 0.29) is 11.7 Å². The van der Waals surface area contributed by atoms with Gasteiger partial charge in [0.05, 0.1) is 5.56 Å². The second kappa shape index (κ2) is 7.68. The lowest BCUT2D eigenvalue weighted by molar-refractivity contribution is -0.138. The molecule has 0 atom stereocenters. The molecule has 6 heteroatoms. The van der Waals surface area contributed by atoms with Crippen LogP contribution in [0.1, 0.15) is 69.2 Å². The molecule has 1 saturated heterocycles. The SMILES string of the molecule is CC.O=C(O)c1cnc(OC2CC3(C2)CN(C2CCCCC2)C3)nc1. The van der Waals surface area contributed by atoms with Crippen molar-refractivity contribution < 1.29 is 14.6 Å². The molecule has 0 aromatic carbocycles. The maximum atomic E-state index is 10.8. The predicted octanol–water partition coefficient (Wildman–Crippen LogP) is 3.38. The van der Waals surface area contributed by atoms with Gasteiger partial charge in [0, 0.05) is 36.9 Å². The Balaban J connectivity index is 0.000000880. The zero-order chi connectivity index (χ0) is 17.9. The number of hydrogen-bond acceptors (Lipinski definition) is 5. The first-order valence-corrected chi connectivity index (χ1v) is 9.60. The van der Waals surface area contributed by atoms with Gasteiger partial charge in [0.15, 0.2) is 0 Å². The Morgan fingerprint density at radius 3 is 2.32 bits per heavy atom. The molecule has 3 aliphatic rings. The van der Waals surface area contributed by atoms with Crippen LogP contribution in [0.15, 0.2) is 12.4 Å². The summed E-state index contributed by atoms with van der Waals surface area (Å²) in [5.41, 5.74) is 0.549. The minimum absolute atomic E-state index is 0.0875. The van der Waals surface area contributed by atoms with Crippen molar-refractivity contribution in [1.29, 1.82) is 0 Å². The normalized spacial score (nSPS) is 23.1. The summed E-state index contributed by atoms with van der Waals surface area (Å²) in [6.07, 6.45) is 11.9. The third kappa shape index (κ3) is 3.94. The van der Waals surface area contributed by atoms with Gasteiger partial charge in [-0.1, -0.05) is 33.1 Å². The van der Waals surface area contributed by atoms with Gasteiger partial charge in [0.1, 0.15) is 6.10 Å². The molecule has 0 amide bonds. The molecule has 6 nitrogen and oxygen atoms in total. The van der Waals surface area contributed by atoms with Crippen molar-refractivity contribution in [3.8, 4) is 6.01 Å². The zero-order valence-electron chi connectivity index (χ0n) is 15.3. The van der Waals surface area contributed by atoms with Gasteiger partial charge in [-0.15, -0.1) is 0 Å². The molecule has 0 radical (unpaired) electrons. The summed E-state index contributed by atoms with van der Waals surface area (Å²) >= 11 is 0. The topological polar surface area (TPSA) is 75.6 Å². The lowest BCUT2D eigenvalue weighted by atomic mass is 9.61. The molecule has 2 saturated carbocycles. The fourth-order valence-electron chi connectivity index (χ4n) is 4.40. The van der Waals surface area contributed by atoms with Crippen molar-refractivity contribution >= 4 is 5.97 Å². The van der Waals surface area contributed by atoms with Crippen LogP contribution in [0.4, 0.5) is 0 Å². The molecule has 1 aromatic rings. The maximum Gasteiger partial charge on any atom is 0.338 e. The van der Waals surface area contributed by atoms with Crippen LogP contribution in [-0.4, -0.2) is 51.2 Å². The van der Waals surface area contributed by atoms with Gasteiger partial charge in [-0.2, -0.15) is 0 Å². The highest BCUT2D eigenvalue weighted by atomic mass is 16.5. The van der Waals surface area contributed by atoms with E-state index in [4.69, 9.17) is 9.84 Å². The molecular weight excluding hydrogens is 318 g/mol. The largest absolute Gasteiger partial charge is 0.478 e. The Morgan fingerprint density at radius 1 is 1.16 bits per heavy atom. The highest BCUT2D eigenvalue weighted by Gasteiger charge is 2.54. The summed E-state index contributed by atoms with van der Waals surface area (Å²) in [5.74, 6) is -1.02. The van der Waals surface area contributed by atoms with Gasteiger partial charge < -0.3 is 9.84 Å². The molecule has 25 heavy (non-hydrogen) atoms. The Hall–Kier alpha value is -1.69. The number of rotatable bonds is 4. The summed E-state index contributed by atoms with van der Waals surface area (Å²) < 4.78 is 5.76.